The van der Waals surface area contributed by atoms with E-state index < -0.39 is 10.0 Å². The van der Waals surface area contributed by atoms with Gasteiger partial charge in [-0.15, -0.1) is 0 Å². The van der Waals surface area contributed by atoms with Crippen molar-refractivity contribution < 1.29 is 8.42 Å². The second-order valence-corrected chi connectivity index (χ2v) is 8.91. The van der Waals surface area contributed by atoms with Crippen molar-refractivity contribution in [1.82, 2.24) is 19.5 Å². The Hall–Kier alpha value is -3.30. The molecular weight excluding hydrogens is 400 g/mol. The van der Waals surface area contributed by atoms with Crippen LogP contribution in [-0.4, -0.2) is 27.9 Å². The molecule has 2 heterocycles. The molecule has 0 aliphatic carbocycles. The minimum absolute atomic E-state index is 0.0162. The van der Waals surface area contributed by atoms with Crippen LogP contribution in [0, 0.1) is 6.92 Å². The number of anilines is 2. The van der Waals surface area contributed by atoms with E-state index in [9.17, 15) is 8.42 Å². The molecule has 3 N–H and O–H groups in total. The summed E-state index contributed by atoms with van der Waals surface area (Å²) in [6, 6.07) is 14.1. The molecule has 154 valence electrons. The molecule has 4 aromatic rings. The highest BCUT2D eigenvalue weighted by Crippen LogP contribution is 2.27. The standard InChI is InChI=1S/C21H22N6O2S/c1-13(2)19-25-17-9-4-5-10-18(17)27(19)20-14(3)12-23-21(26-20)24-15-7-6-8-16(11-15)30(22,28)29/h4-13H,1-3H3,(H2,22,28,29)(H,23,24,26). The molecule has 0 spiro atoms. The highest BCUT2D eigenvalue weighted by Gasteiger charge is 2.18. The summed E-state index contributed by atoms with van der Waals surface area (Å²) >= 11 is 0. The van der Waals surface area contributed by atoms with Crippen molar-refractivity contribution in [3.8, 4) is 5.82 Å². The number of imidazole rings is 1. The van der Waals surface area contributed by atoms with Gasteiger partial charge in [-0.3, -0.25) is 4.57 Å². The Morgan fingerprint density at radius 2 is 1.83 bits per heavy atom. The van der Waals surface area contributed by atoms with E-state index in [1.807, 2.05) is 35.8 Å². The fraction of sp³-hybridized carbons (Fsp3) is 0.190. The Morgan fingerprint density at radius 1 is 1.07 bits per heavy atom. The second kappa shape index (κ2) is 7.51. The largest absolute Gasteiger partial charge is 0.324 e. The van der Waals surface area contributed by atoms with Crippen molar-refractivity contribution >= 4 is 32.7 Å². The van der Waals surface area contributed by atoms with Crippen molar-refractivity contribution in [2.45, 2.75) is 31.6 Å². The van der Waals surface area contributed by atoms with Gasteiger partial charge in [0.1, 0.15) is 11.6 Å². The van der Waals surface area contributed by atoms with E-state index in [4.69, 9.17) is 15.1 Å². The Bertz CT molecular complexity index is 1340. The van der Waals surface area contributed by atoms with Crippen LogP contribution < -0.4 is 10.5 Å². The summed E-state index contributed by atoms with van der Waals surface area (Å²) in [6.07, 6.45) is 1.73. The van der Waals surface area contributed by atoms with Crippen molar-refractivity contribution in [2.24, 2.45) is 5.14 Å². The zero-order valence-corrected chi connectivity index (χ0v) is 17.7. The number of aryl methyl sites for hydroxylation is 1. The average Bonchev–Trinajstić information content (AvgIpc) is 3.09. The average molecular weight is 423 g/mol. The summed E-state index contributed by atoms with van der Waals surface area (Å²) in [4.78, 5) is 13.9. The van der Waals surface area contributed by atoms with Crippen LogP contribution in [0.3, 0.4) is 0 Å². The summed E-state index contributed by atoms with van der Waals surface area (Å²) in [5.74, 6) is 2.15. The number of rotatable bonds is 5. The minimum Gasteiger partial charge on any atom is -0.324 e. The summed E-state index contributed by atoms with van der Waals surface area (Å²) in [5.41, 5.74) is 3.28. The molecule has 0 bridgehead atoms. The summed E-state index contributed by atoms with van der Waals surface area (Å²) in [7, 11) is -3.80. The van der Waals surface area contributed by atoms with E-state index in [-0.39, 0.29) is 10.8 Å². The number of sulfonamides is 1. The minimum atomic E-state index is -3.80. The summed E-state index contributed by atoms with van der Waals surface area (Å²) in [6.45, 7) is 6.12. The number of hydrogen-bond acceptors (Lipinski definition) is 6. The van der Waals surface area contributed by atoms with E-state index in [1.54, 1.807) is 18.3 Å². The number of hydrogen-bond donors (Lipinski definition) is 2. The van der Waals surface area contributed by atoms with Crippen LogP contribution in [0.2, 0.25) is 0 Å². The maximum absolute atomic E-state index is 11.6. The van der Waals surface area contributed by atoms with Gasteiger partial charge in [-0.1, -0.05) is 32.0 Å². The van der Waals surface area contributed by atoms with Gasteiger partial charge in [0.2, 0.25) is 16.0 Å². The third-order valence-corrected chi connectivity index (χ3v) is 5.59. The molecule has 0 saturated carbocycles. The highest BCUT2D eigenvalue weighted by molar-refractivity contribution is 7.89. The van der Waals surface area contributed by atoms with Crippen LogP contribution in [0.15, 0.2) is 59.6 Å². The van der Waals surface area contributed by atoms with Crippen molar-refractivity contribution in [3.05, 3.63) is 66.1 Å². The van der Waals surface area contributed by atoms with Gasteiger partial charge in [0, 0.05) is 23.4 Å². The van der Waals surface area contributed by atoms with E-state index in [1.165, 1.54) is 12.1 Å². The van der Waals surface area contributed by atoms with Gasteiger partial charge in [-0.05, 0) is 37.3 Å². The molecule has 8 nitrogen and oxygen atoms in total. The van der Waals surface area contributed by atoms with Crippen molar-refractivity contribution in [2.75, 3.05) is 5.32 Å². The lowest BCUT2D eigenvalue weighted by Crippen LogP contribution is -2.12. The lowest BCUT2D eigenvalue weighted by atomic mass is 10.2. The zero-order chi connectivity index (χ0) is 21.5. The molecule has 0 amide bonds. The van der Waals surface area contributed by atoms with Crippen LogP contribution in [-0.2, 0) is 10.0 Å². The predicted octanol–water partition coefficient (Wildman–Crippen LogP) is 3.64. The molecular formula is C21H22N6O2S. The number of nitrogens with one attached hydrogen (secondary N) is 1. The first-order valence-corrected chi connectivity index (χ1v) is 11.0. The molecule has 0 saturated heterocycles. The number of nitrogens with zero attached hydrogens (tertiary/aromatic N) is 4. The number of para-hydroxylation sites is 2. The molecule has 4 rings (SSSR count). The molecule has 0 atom stereocenters. The van der Waals surface area contributed by atoms with Gasteiger partial charge < -0.3 is 5.32 Å². The lowest BCUT2D eigenvalue weighted by Gasteiger charge is -2.14. The number of nitrogens with two attached hydrogens (primary N) is 1. The first kappa shape index (κ1) is 20.0. The van der Waals surface area contributed by atoms with Crippen molar-refractivity contribution in [1.29, 1.82) is 0 Å². The molecule has 9 heteroatoms. The monoisotopic (exact) mass is 422 g/mol. The molecule has 0 fully saturated rings. The van der Waals surface area contributed by atoms with Gasteiger partial charge >= 0.3 is 0 Å². The van der Waals surface area contributed by atoms with Crippen LogP contribution >= 0.6 is 0 Å². The predicted molar refractivity (Wildman–Crippen MR) is 117 cm³/mol. The Balaban J connectivity index is 1.81. The van der Waals surface area contributed by atoms with E-state index in [0.29, 0.717) is 17.5 Å². The fourth-order valence-electron chi connectivity index (χ4n) is 3.25. The number of benzene rings is 2. The topological polar surface area (TPSA) is 116 Å². The van der Waals surface area contributed by atoms with Gasteiger partial charge in [0.05, 0.1) is 15.9 Å². The lowest BCUT2D eigenvalue weighted by molar-refractivity contribution is 0.598. The second-order valence-electron chi connectivity index (χ2n) is 7.35. The van der Waals surface area contributed by atoms with Crippen LogP contribution in [0.25, 0.3) is 16.9 Å². The molecule has 0 radical (unpaired) electrons. The molecule has 2 aromatic heterocycles. The first-order chi connectivity index (χ1) is 14.2. The van der Waals surface area contributed by atoms with Gasteiger partial charge in [-0.2, -0.15) is 4.98 Å². The fourth-order valence-corrected chi connectivity index (χ4v) is 3.81. The SMILES string of the molecule is Cc1cnc(Nc2cccc(S(N)(=O)=O)c2)nc1-n1c(C(C)C)nc2ccccc21. The summed E-state index contributed by atoms with van der Waals surface area (Å²) < 4.78 is 25.3. The van der Waals surface area contributed by atoms with E-state index in [0.717, 1.165) is 22.4 Å². The first-order valence-electron chi connectivity index (χ1n) is 9.45. The highest BCUT2D eigenvalue weighted by atomic mass is 32.2. The number of fused-ring (bicyclic) bond motifs is 1. The summed E-state index contributed by atoms with van der Waals surface area (Å²) in [5, 5.41) is 8.29. The maximum atomic E-state index is 11.6. The number of aromatic nitrogens is 4. The quantitative estimate of drug-likeness (QED) is 0.507. The van der Waals surface area contributed by atoms with Crippen LogP contribution in [0.5, 0.6) is 0 Å². The Morgan fingerprint density at radius 3 is 2.57 bits per heavy atom. The Labute approximate surface area is 174 Å². The Kier molecular flexibility index (Phi) is 5.00. The normalized spacial score (nSPS) is 11.9. The molecule has 0 unspecified atom stereocenters. The van der Waals surface area contributed by atoms with Gasteiger partial charge in [0.15, 0.2) is 0 Å². The molecule has 30 heavy (non-hydrogen) atoms. The zero-order valence-electron chi connectivity index (χ0n) is 16.9. The van der Waals surface area contributed by atoms with Gasteiger partial charge in [-0.25, -0.2) is 23.5 Å². The van der Waals surface area contributed by atoms with Crippen LogP contribution in [0.1, 0.15) is 31.2 Å². The van der Waals surface area contributed by atoms with E-state index >= 15 is 0 Å². The third-order valence-electron chi connectivity index (χ3n) is 4.68. The molecule has 0 aliphatic heterocycles. The molecule has 2 aromatic carbocycles. The van der Waals surface area contributed by atoms with E-state index in [2.05, 4.69) is 24.1 Å². The number of primary sulfonamides is 1. The third kappa shape index (κ3) is 3.77. The molecule has 0 aliphatic rings. The maximum Gasteiger partial charge on any atom is 0.238 e. The van der Waals surface area contributed by atoms with Crippen molar-refractivity contribution in [3.63, 3.8) is 0 Å². The smallest absolute Gasteiger partial charge is 0.238 e. The van der Waals surface area contributed by atoms with Crippen LogP contribution in [0.4, 0.5) is 11.6 Å². The van der Waals surface area contributed by atoms with Gasteiger partial charge in [0.25, 0.3) is 0 Å².